The molecule has 1 N–H and O–H groups in total. The van der Waals surface area contributed by atoms with Gasteiger partial charge >= 0.3 is 5.97 Å². The molecule has 0 aromatic heterocycles. The van der Waals surface area contributed by atoms with Gasteiger partial charge in [-0.05, 0) is 31.0 Å². The second-order valence-electron chi connectivity index (χ2n) is 7.21. The molecule has 0 fully saturated rings. The molecule has 0 radical (unpaired) electrons. The first-order valence-corrected chi connectivity index (χ1v) is 9.69. The molecule has 0 spiro atoms. The SMILES string of the molecule is Cc1ccc(CC(=O)O[C@H](C(=O)Nc2ccc(C)cc2[N+](=O)[O-])c2ccccc2)cc1. The van der Waals surface area contributed by atoms with Crippen molar-refractivity contribution in [2.24, 2.45) is 0 Å². The second kappa shape index (κ2) is 9.67. The van der Waals surface area contributed by atoms with Gasteiger partial charge in [0.05, 0.1) is 11.3 Å². The average molecular weight is 418 g/mol. The molecule has 3 rings (SSSR count). The molecule has 0 aliphatic heterocycles. The van der Waals surface area contributed by atoms with Crippen LogP contribution in [0, 0.1) is 24.0 Å². The van der Waals surface area contributed by atoms with E-state index in [0.29, 0.717) is 11.1 Å². The lowest BCUT2D eigenvalue weighted by Crippen LogP contribution is -2.26. The zero-order chi connectivity index (χ0) is 22.4. The molecule has 0 aliphatic rings. The molecule has 1 atom stereocenters. The summed E-state index contributed by atoms with van der Waals surface area (Å²) in [5.41, 5.74) is 2.79. The molecule has 158 valence electrons. The maximum absolute atomic E-state index is 13.0. The molecule has 0 saturated carbocycles. The summed E-state index contributed by atoms with van der Waals surface area (Å²) in [7, 11) is 0. The number of anilines is 1. The van der Waals surface area contributed by atoms with Crippen molar-refractivity contribution in [2.45, 2.75) is 26.4 Å². The van der Waals surface area contributed by atoms with Gasteiger partial charge in [-0.25, -0.2) is 0 Å². The van der Waals surface area contributed by atoms with E-state index in [1.54, 1.807) is 43.3 Å². The Morgan fingerprint density at radius 3 is 2.26 bits per heavy atom. The fourth-order valence-electron chi connectivity index (χ4n) is 3.04. The molecule has 0 heterocycles. The highest BCUT2D eigenvalue weighted by Gasteiger charge is 2.27. The van der Waals surface area contributed by atoms with E-state index in [2.05, 4.69) is 5.32 Å². The maximum atomic E-state index is 13.0. The lowest BCUT2D eigenvalue weighted by molar-refractivity contribution is -0.384. The van der Waals surface area contributed by atoms with Crippen LogP contribution in [0.25, 0.3) is 0 Å². The average Bonchev–Trinajstić information content (AvgIpc) is 2.75. The Kier molecular flexibility index (Phi) is 6.77. The van der Waals surface area contributed by atoms with Crippen molar-refractivity contribution in [2.75, 3.05) is 5.32 Å². The van der Waals surface area contributed by atoms with Crippen LogP contribution in [0.3, 0.4) is 0 Å². The van der Waals surface area contributed by atoms with E-state index in [9.17, 15) is 19.7 Å². The van der Waals surface area contributed by atoms with Gasteiger partial charge in [-0.2, -0.15) is 0 Å². The van der Waals surface area contributed by atoms with E-state index >= 15 is 0 Å². The van der Waals surface area contributed by atoms with Gasteiger partial charge in [0.25, 0.3) is 11.6 Å². The van der Waals surface area contributed by atoms with Crippen LogP contribution in [-0.2, 0) is 20.7 Å². The third-order valence-electron chi connectivity index (χ3n) is 4.67. The molecule has 7 nitrogen and oxygen atoms in total. The van der Waals surface area contributed by atoms with Gasteiger partial charge in [0.15, 0.2) is 0 Å². The predicted octanol–water partition coefficient (Wildman–Crippen LogP) is 4.68. The van der Waals surface area contributed by atoms with Crippen LogP contribution >= 0.6 is 0 Å². The number of carbonyl (C=O) groups is 2. The van der Waals surface area contributed by atoms with Crippen LogP contribution in [-0.4, -0.2) is 16.8 Å². The minimum Gasteiger partial charge on any atom is -0.447 e. The number of hydrogen-bond donors (Lipinski definition) is 1. The number of nitro groups is 1. The fourth-order valence-corrected chi connectivity index (χ4v) is 3.04. The van der Waals surface area contributed by atoms with Crippen LogP contribution in [0.5, 0.6) is 0 Å². The van der Waals surface area contributed by atoms with Crippen molar-refractivity contribution in [1.29, 1.82) is 0 Å². The normalized spacial score (nSPS) is 11.4. The molecule has 0 unspecified atom stereocenters. The minimum atomic E-state index is -1.25. The van der Waals surface area contributed by atoms with Crippen LogP contribution in [0.1, 0.15) is 28.4 Å². The molecule has 0 bridgehead atoms. The van der Waals surface area contributed by atoms with Gasteiger partial charge in [0.1, 0.15) is 5.69 Å². The molecular weight excluding hydrogens is 396 g/mol. The van der Waals surface area contributed by atoms with Crippen molar-refractivity contribution < 1.29 is 19.2 Å². The van der Waals surface area contributed by atoms with E-state index in [0.717, 1.165) is 11.1 Å². The molecule has 1 amide bonds. The maximum Gasteiger partial charge on any atom is 0.311 e. The van der Waals surface area contributed by atoms with E-state index in [-0.39, 0.29) is 17.8 Å². The molecule has 7 heteroatoms. The van der Waals surface area contributed by atoms with Crippen molar-refractivity contribution in [1.82, 2.24) is 0 Å². The number of nitrogens with one attached hydrogen (secondary N) is 1. The van der Waals surface area contributed by atoms with Gasteiger partial charge in [-0.3, -0.25) is 19.7 Å². The number of carbonyl (C=O) groups excluding carboxylic acids is 2. The van der Waals surface area contributed by atoms with Crippen LogP contribution < -0.4 is 5.32 Å². The van der Waals surface area contributed by atoms with E-state index in [1.807, 2.05) is 31.2 Å². The summed E-state index contributed by atoms with van der Waals surface area (Å²) in [6, 6.07) is 20.4. The Morgan fingerprint density at radius 2 is 1.61 bits per heavy atom. The molecule has 0 aliphatic carbocycles. The lowest BCUT2D eigenvalue weighted by atomic mass is 10.1. The van der Waals surface area contributed by atoms with E-state index in [4.69, 9.17) is 4.74 Å². The zero-order valence-electron chi connectivity index (χ0n) is 17.2. The summed E-state index contributed by atoms with van der Waals surface area (Å²) in [6.45, 7) is 3.67. The molecule has 3 aromatic carbocycles. The number of rotatable bonds is 7. The summed E-state index contributed by atoms with van der Waals surface area (Å²) in [4.78, 5) is 36.3. The summed E-state index contributed by atoms with van der Waals surface area (Å²) < 4.78 is 5.51. The molecule has 31 heavy (non-hydrogen) atoms. The summed E-state index contributed by atoms with van der Waals surface area (Å²) in [5, 5.41) is 13.9. The van der Waals surface area contributed by atoms with Crippen molar-refractivity contribution in [3.63, 3.8) is 0 Å². The first-order chi connectivity index (χ1) is 14.8. The van der Waals surface area contributed by atoms with Crippen molar-refractivity contribution in [3.8, 4) is 0 Å². The topological polar surface area (TPSA) is 98.5 Å². The second-order valence-corrected chi connectivity index (χ2v) is 7.21. The quantitative estimate of drug-likeness (QED) is 0.341. The van der Waals surface area contributed by atoms with Gasteiger partial charge < -0.3 is 10.1 Å². The van der Waals surface area contributed by atoms with E-state index in [1.165, 1.54) is 12.1 Å². The lowest BCUT2D eigenvalue weighted by Gasteiger charge is -2.18. The smallest absolute Gasteiger partial charge is 0.311 e. The summed E-state index contributed by atoms with van der Waals surface area (Å²) in [6.07, 6.45) is -1.25. The van der Waals surface area contributed by atoms with Gasteiger partial charge in [0, 0.05) is 11.6 Å². The Bertz CT molecular complexity index is 1090. The van der Waals surface area contributed by atoms with Gasteiger partial charge in [-0.1, -0.05) is 66.2 Å². The van der Waals surface area contributed by atoms with Crippen molar-refractivity contribution >= 4 is 23.3 Å². The van der Waals surface area contributed by atoms with Gasteiger partial charge in [0.2, 0.25) is 6.10 Å². The minimum absolute atomic E-state index is 0.00156. The Hall–Kier alpha value is -4.00. The van der Waals surface area contributed by atoms with E-state index < -0.39 is 22.9 Å². The highest BCUT2D eigenvalue weighted by Crippen LogP contribution is 2.28. The van der Waals surface area contributed by atoms with Crippen LogP contribution in [0.4, 0.5) is 11.4 Å². The van der Waals surface area contributed by atoms with Crippen LogP contribution in [0.15, 0.2) is 72.8 Å². The van der Waals surface area contributed by atoms with Gasteiger partial charge in [-0.15, -0.1) is 0 Å². The number of nitrogens with zero attached hydrogens (tertiary/aromatic N) is 1. The first kappa shape index (κ1) is 21.7. The number of benzene rings is 3. The number of ether oxygens (including phenoxy) is 1. The molecule has 0 saturated heterocycles. The number of esters is 1. The third kappa shape index (κ3) is 5.76. The molecule has 3 aromatic rings. The number of nitro benzene ring substituents is 1. The largest absolute Gasteiger partial charge is 0.447 e. The zero-order valence-corrected chi connectivity index (χ0v) is 17.2. The Morgan fingerprint density at radius 1 is 0.968 bits per heavy atom. The third-order valence-corrected chi connectivity index (χ3v) is 4.67. The van der Waals surface area contributed by atoms with Crippen molar-refractivity contribution in [3.05, 3.63) is 105 Å². The molecular formula is C24H22N2O5. The first-order valence-electron chi connectivity index (χ1n) is 9.69. The summed E-state index contributed by atoms with van der Waals surface area (Å²) in [5.74, 6) is -1.25. The predicted molar refractivity (Wildman–Crippen MR) is 117 cm³/mol. The Balaban J connectivity index is 1.82. The highest BCUT2D eigenvalue weighted by atomic mass is 16.6. The fraction of sp³-hybridized carbons (Fsp3) is 0.167. The van der Waals surface area contributed by atoms with Crippen LogP contribution in [0.2, 0.25) is 0 Å². The monoisotopic (exact) mass is 418 g/mol. The highest BCUT2D eigenvalue weighted by molar-refractivity contribution is 5.97. The summed E-state index contributed by atoms with van der Waals surface area (Å²) >= 11 is 0. The number of hydrogen-bond acceptors (Lipinski definition) is 5. The standard InChI is InChI=1S/C24H22N2O5/c1-16-8-11-18(12-9-16)15-22(27)31-23(19-6-4-3-5-7-19)24(28)25-20-13-10-17(2)14-21(20)26(29)30/h3-14,23H,15H2,1-2H3,(H,25,28)/t23-/m0/s1. The number of amides is 1. The Labute approximate surface area is 179 Å². The number of aryl methyl sites for hydroxylation is 2.